The molecule has 0 amide bonds. The zero-order valence-corrected chi connectivity index (χ0v) is 17.1. The summed E-state index contributed by atoms with van der Waals surface area (Å²) < 4.78 is 10.6. The van der Waals surface area contributed by atoms with Crippen molar-refractivity contribution in [3.8, 4) is 11.5 Å². The normalized spacial score (nSPS) is 11.3. The van der Waals surface area contributed by atoms with Gasteiger partial charge in [-0.05, 0) is 56.7 Å². The van der Waals surface area contributed by atoms with Crippen LogP contribution in [0.1, 0.15) is 47.8 Å². The van der Waals surface area contributed by atoms with Gasteiger partial charge in [0.2, 0.25) is 0 Å². The van der Waals surface area contributed by atoms with E-state index in [0.717, 1.165) is 27.7 Å². The number of benzene rings is 2. The van der Waals surface area contributed by atoms with Gasteiger partial charge in [-0.2, -0.15) is 0 Å². The third-order valence-electron chi connectivity index (χ3n) is 4.28. The van der Waals surface area contributed by atoms with Crippen LogP contribution in [0.2, 0.25) is 0 Å². The molecule has 5 heteroatoms. The predicted octanol–water partition coefficient (Wildman–Crippen LogP) is 4.11. The third kappa shape index (κ3) is 5.14. The fraction of sp³-hybridized carbons (Fsp3) is 0.381. The summed E-state index contributed by atoms with van der Waals surface area (Å²) in [6.45, 7) is 10.6. The number of ether oxygens (including phenoxy) is 2. The molecule has 2 rings (SSSR count). The molecule has 0 heterocycles. The zero-order valence-electron chi connectivity index (χ0n) is 16.1. The fourth-order valence-corrected chi connectivity index (χ4v) is 4.07. The molecule has 0 aliphatic heterocycles. The van der Waals surface area contributed by atoms with Gasteiger partial charge in [-0.1, -0.05) is 32.9 Å². The molecule has 0 radical (unpaired) electrons. The Morgan fingerprint density at radius 1 is 0.962 bits per heavy atom. The molecule has 2 aromatic carbocycles. The molecule has 2 aromatic rings. The summed E-state index contributed by atoms with van der Waals surface area (Å²) in [5, 5.41) is 0.895. The molecule has 0 aliphatic rings. The number of hydrogen-bond donors (Lipinski definition) is 0. The number of methoxy groups -OCH3 is 2. The Labute approximate surface area is 170 Å². The van der Waals surface area contributed by atoms with Crippen LogP contribution < -0.4 is 14.8 Å². The first-order chi connectivity index (χ1) is 11.7. The summed E-state index contributed by atoms with van der Waals surface area (Å²) >= 11 is 0. The van der Waals surface area contributed by atoms with Gasteiger partial charge in [0.15, 0.2) is 5.52 Å². The van der Waals surface area contributed by atoms with E-state index in [1.807, 2.05) is 32.0 Å². The Hall–Kier alpha value is -1.26. The summed E-state index contributed by atoms with van der Waals surface area (Å²) in [5.74, 6) is 1.41. The number of aryl methyl sites for hydroxylation is 2. The van der Waals surface area contributed by atoms with E-state index in [1.54, 1.807) is 14.2 Å². The van der Waals surface area contributed by atoms with Crippen molar-refractivity contribution in [2.75, 3.05) is 14.2 Å². The van der Waals surface area contributed by atoms with Gasteiger partial charge in [0.05, 0.1) is 14.2 Å². The maximum atomic E-state index is 13.0. The first-order valence-electron chi connectivity index (χ1n) is 8.32. The van der Waals surface area contributed by atoms with Crippen LogP contribution in [-0.2, 0) is 5.41 Å². The monoisotopic (exact) mass is 366 g/mol. The van der Waals surface area contributed by atoms with Crippen LogP contribution in [0.25, 0.3) is 0 Å². The Morgan fingerprint density at radius 2 is 1.54 bits per heavy atom. The standard InChI is InChI=1S/C21H27O3P.Li.H/c1-13-10-15(21(3,4)5)11-14(2)19(13)20(22)25-18-9-8-16(23-6)12-17(18)24-7;;/h8-12,25H,1-7H3;;. The molecular weight excluding hydrogens is 338 g/mol. The van der Waals surface area contributed by atoms with Gasteiger partial charge in [-0.3, -0.25) is 4.79 Å². The number of carbonyl (C=O) groups is 1. The van der Waals surface area contributed by atoms with Gasteiger partial charge in [0.25, 0.3) is 0 Å². The topological polar surface area (TPSA) is 35.5 Å². The van der Waals surface area contributed by atoms with Gasteiger partial charge in [-0.15, -0.1) is 0 Å². The van der Waals surface area contributed by atoms with Crippen molar-refractivity contribution < 1.29 is 14.3 Å². The molecule has 0 saturated heterocycles. The van der Waals surface area contributed by atoms with E-state index in [-0.39, 0.29) is 38.4 Å². The molecule has 0 spiro atoms. The molecule has 1 unspecified atom stereocenters. The van der Waals surface area contributed by atoms with E-state index in [1.165, 1.54) is 5.56 Å². The molecule has 3 nitrogen and oxygen atoms in total. The first-order valence-corrected chi connectivity index (χ1v) is 9.32. The second-order valence-corrected chi connectivity index (χ2v) is 8.50. The molecular formula is C21H28LiO3P. The van der Waals surface area contributed by atoms with Crippen LogP contribution in [0.4, 0.5) is 0 Å². The maximum absolute atomic E-state index is 13.0. The SMILES string of the molecule is COc1ccc(PC(=O)c2c(C)cc(C(C)(C)C)cc2C)c(OC)c1.[LiH]. The van der Waals surface area contributed by atoms with Gasteiger partial charge < -0.3 is 9.47 Å². The van der Waals surface area contributed by atoms with Crippen LogP contribution in [0.15, 0.2) is 30.3 Å². The summed E-state index contributed by atoms with van der Waals surface area (Å²) in [6.07, 6.45) is 0. The van der Waals surface area contributed by atoms with Gasteiger partial charge in [-0.25, -0.2) is 0 Å². The Balaban J connectivity index is 0.00000338. The average Bonchev–Trinajstić information content (AvgIpc) is 2.53. The first kappa shape index (κ1) is 22.8. The minimum absolute atomic E-state index is 0. The van der Waals surface area contributed by atoms with Crippen LogP contribution in [0.5, 0.6) is 11.5 Å². The Kier molecular flexibility index (Phi) is 7.97. The molecule has 0 aliphatic carbocycles. The molecule has 26 heavy (non-hydrogen) atoms. The fourth-order valence-electron chi connectivity index (χ4n) is 2.84. The number of rotatable bonds is 5. The van der Waals surface area contributed by atoms with Crippen LogP contribution in [0.3, 0.4) is 0 Å². The second kappa shape index (κ2) is 9.09. The Morgan fingerprint density at radius 3 is 2.00 bits per heavy atom. The van der Waals surface area contributed by atoms with Crippen molar-refractivity contribution >= 4 is 38.3 Å². The summed E-state index contributed by atoms with van der Waals surface area (Å²) in [6, 6.07) is 9.85. The van der Waals surface area contributed by atoms with E-state index >= 15 is 0 Å². The van der Waals surface area contributed by atoms with E-state index in [2.05, 4.69) is 32.9 Å². The van der Waals surface area contributed by atoms with Crippen LogP contribution in [0, 0.1) is 13.8 Å². The van der Waals surface area contributed by atoms with Crippen molar-refractivity contribution in [2.24, 2.45) is 0 Å². The zero-order chi connectivity index (χ0) is 18.8. The summed E-state index contributed by atoms with van der Waals surface area (Å²) in [5.41, 5.74) is 4.36. The number of carbonyl (C=O) groups excluding carboxylic acids is 1. The van der Waals surface area contributed by atoms with Crippen molar-refractivity contribution in [1.82, 2.24) is 0 Å². The third-order valence-corrected chi connectivity index (χ3v) is 5.44. The average molecular weight is 366 g/mol. The molecule has 0 aromatic heterocycles. The van der Waals surface area contributed by atoms with Gasteiger partial charge in [0, 0.05) is 16.9 Å². The summed E-state index contributed by atoms with van der Waals surface area (Å²) in [4.78, 5) is 13.0. The molecule has 1 atom stereocenters. The molecule has 0 N–H and O–H groups in total. The van der Waals surface area contributed by atoms with E-state index in [9.17, 15) is 4.79 Å². The van der Waals surface area contributed by atoms with Crippen LogP contribution >= 0.6 is 8.58 Å². The second-order valence-electron chi connectivity index (χ2n) is 7.26. The van der Waals surface area contributed by atoms with Gasteiger partial charge in [0.1, 0.15) is 11.5 Å². The van der Waals surface area contributed by atoms with Crippen molar-refractivity contribution in [3.63, 3.8) is 0 Å². The van der Waals surface area contributed by atoms with Crippen molar-refractivity contribution in [3.05, 3.63) is 52.6 Å². The molecule has 136 valence electrons. The van der Waals surface area contributed by atoms with Crippen LogP contribution in [-0.4, -0.2) is 38.6 Å². The number of hydrogen-bond acceptors (Lipinski definition) is 3. The van der Waals surface area contributed by atoms with Gasteiger partial charge >= 0.3 is 18.9 Å². The predicted molar refractivity (Wildman–Crippen MR) is 114 cm³/mol. The minimum atomic E-state index is 0. The van der Waals surface area contributed by atoms with Crippen molar-refractivity contribution in [2.45, 2.75) is 40.0 Å². The van der Waals surface area contributed by atoms with E-state index < -0.39 is 0 Å². The molecule has 0 bridgehead atoms. The van der Waals surface area contributed by atoms with Crippen molar-refractivity contribution in [1.29, 1.82) is 0 Å². The van der Waals surface area contributed by atoms with E-state index in [0.29, 0.717) is 5.75 Å². The van der Waals surface area contributed by atoms with E-state index in [4.69, 9.17) is 9.47 Å². The molecule has 0 fully saturated rings. The summed E-state index contributed by atoms with van der Waals surface area (Å²) in [7, 11) is 3.25. The Bertz CT molecular complexity index is 771. The quantitative estimate of drug-likeness (QED) is 0.590. The molecule has 0 saturated carbocycles.